The van der Waals surface area contributed by atoms with E-state index in [0.29, 0.717) is 13.1 Å². The second kappa shape index (κ2) is 7.64. The Hall–Kier alpha value is -2.07. The van der Waals surface area contributed by atoms with Crippen LogP contribution in [0.1, 0.15) is 17.4 Å². The first-order valence-electron chi connectivity index (χ1n) is 6.86. The molecule has 0 unspecified atom stereocenters. The second-order valence-corrected chi connectivity index (χ2v) is 5.57. The van der Waals surface area contributed by atoms with Crippen LogP contribution in [0.15, 0.2) is 47.9 Å². The van der Waals surface area contributed by atoms with Gasteiger partial charge in [0.25, 0.3) is 0 Å². The quantitative estimate of drug-likeness (QED) is 0.759. The Morgan fingerprint density at radius 1 is 1.29 bits per heavy atom. The molecule has 4 heteroatoms. The van der Waals surface area contributed by atoms with Gasteiger partial charge in [-0.15, -0.1) is 11.3 Å². The molecular formula is C17H19NO2S. The number of rotatable bonds is 6. The summed E-state index contributed by atoms with van der Waals surface area (Å²) in [4.78, 5) is 15.2. The van der Waals surface area contributed by atoms with Gasteiger partial charge in [-0.05, 0) is 42.1 Å². The molecule has 0 atom stereocenters. The van der Waals surface area contributed by atoms with Crippen molar-refractivity contribution >= 4 is 23.3 Å². The molecule has 0 N–H and O–H groups in total. The van der Waals surface area contributed by atoms with E-state index in [2.05, 4.69) is 0 Å². The number of methoxy groups -OCH3 is 1. The predicted octanol–water partition coefficient (Wildman–Crippen LogP) is 3.82. The molecule has 2 rings (SSSR count). The van der Waals surface area contributed by atoms with Crippen molar-refractivity contribution in [3.63, 3.8) is 0 Å². The Balaban J connectivity index is 1.98. The van der Waals surface area contributed by atoms with Crippen molar-refractivity contribution in [2.75, 3.05) is 13.7 Å². The minimum absolute atomic E-state index is 0.0294. The van der Waals surface area contributed by atoms with E-state index in [1.54, 1.807) is 24.5 Å². The monoisotopic (exact) mass is 301 g/mol. The van der Waals surface area contributed by atoms with Gasteiger partial charge in [-0.3, -0.25) is 4.79 Å². The number of carbonyl (C=O) groups is 1. The summed E-state index contributed by atoms with van der Waals surface area (Å²) in [6.07, 6.45) is 3.46. The lowest BCUT2D eigenvalue weighted by molar-refractivity contribution is -0.126. The average Bonchev–Trinajstić information content (AvgIpc) is 3.03. The fourth-order valence-electron chi connectivity index (χ4n) is 1.92. The van der Waals surface area contributed by atoms with Crippen molar-refractivity contribution in [1.29, 1.82) is 0 Å². The molecule has 0 aliphatic carbocycles. The number of amides is 1. The van der Waals surface area contributed by atoms with Crippen LogP contribution in [-0.2, 0) is 11.3 Å². The van der Waals surface area contributed by atoms with Gasteiger partial charge in [0.1, 0.15) is 5.75 Å². The number of hydrogen-bond acceptors (Lipinski definition) is 3. The van der Waals surface area contributed by atoms with Gasteiger partial charge in [0.2, 0.25) is 5.91 Å². The van der Waals surface area contributed by atoms with Crippen molar-refractivity contribution in [1.82, 2.24) is 4.90 Å². The summed E-state index contributed by atoms with van der Waals surface area (Å²) in [6, 6.07) is 11.7. The smallest absolute Gasteiger partial charge is 0.246 e. The molecule has 0 bridgehead atoms. The predicted molar refractivity (Wildman–Crippen MR) is 87.4 cm³/mol. The van der Waals surface area contributed by atoms with Crippen LogP contribution in [0, 0.1) is 0 Å². The van der Waals surface area contributed by atoms with Crippen molar-refractivity contribution in [2.24, 2.45) is 0 Å². The van der Waals surface area contributed by atoms with Crippen LogP contribution in [0.3, 0.4) is 0 Å². The molecule has 0 saturated heterocycles. The van der Waals surface area contributed by atoms with Crippen molar-refractivity contribution in [2.45, 2.75) is 13.5 Å². The standard InChI is InChI=1S/C17H19NO2S/c1-3-18(13-16-5-4-12-21-16)17(19)11-8-14-6-9-15(20-2)10-7-14/h4-12H,3,13H2,1-2H3. The topological polar surface area (TPSA) is 29.5 Å². The van der Waals surface area contributed by atoms with Crippen LogP contribution in [-0.4, -0.2) is 24.5 Å². The molecule has 0 aliphatic heterocycles. The van der Waals surface area contributed by atoms with Gasteiger partial charge in [0.05, 0.1) is 13.7 Å². The zero-order valence-electron chi connectivity index (χ0n) is 12.3. The zero-order chi connectivity index (χ0) is 15.1. The van der Waals surface area contributed by atoms with Crippen molar-refractivity contribution in [3.8, 4) is 5.75 Å². The third-order valence-electron chi connectivity index (χ3n) is 3.15. The molecule has 1 amide bonds. The van der Waals surface area contributed by atoms with Gasteiger partial charge in [0, 0.05) is 17.5 Å². The number of hydrogen-bond donors (Lipinski definition) is 0. The maximum atomic E-state index is 12.2. The highest BCUT2D eigenvalue weighted by molar-refractivity contribution is 7.09. The lowest BCUT2D eigenvalue weighted by atomic mass is 10.2. The van der Waals surface area contributed by atoms with Crippen molar-refractivity contribution in [3.05, 3.63) is 58.3 Å². The Bertz CT molecular complexity index is 588. The minimum Gasteiger partial charge on any atom is -0.497 e. The van der Waals surface area contributed by atoms with E-state index in [4.69, 9.17) is 4.74 Å². The summed E-state index contributed by atoms with van der Waals surface area (Å²) in [5.41, 5.74) is 0.983. The van der Waals surface area contributed by atoms with E-state index >= 15 is 0 Å². The van der Waals surface area contributed by atoms with Gasteiger partial charge < -0.3 is 9.64 Å². The molecule has 0 aliphatic rings. The summed E-state index contributed by atoms with van der Waals surface area (Å²) in [5, 5.41) is 2.03. The highest BCUT2D eigenvalue weighted by Gasteiger charge is 2.09. The van der Waals surface area contributed by atoms with E-state index in [0.717, 1.165) is 11.3 Å². The van der Waals surface area contributed by atoms with Crippen LogP contribution in [0.5, 0.6) is 5.75 Å². The first-order valence-corrected chi connectivity index (χ1v) is 7.74. The maximum absolute atomic E-state index is 12.2. The maximum Gasteiger partial charge on any atom is 0.246 e. The zero-order valence-corrected chi connectivity index (χ0v) is 13.1. The van der Waals surface area contributed by atoms with Gasteiger partial charge >= 0.3 is 0 Å². The van der Waals surface area contributed by atoms with E-state index in [1.807, 2.05) is 59.7 Å². The average molecular weight is 301 g/mol. The second-order valence-electron chi connectivity index (χ2n) is 4.54. The molecular weight excluding hydrogens is 282 g/mol. The Kier molecular flexibility index (Phi) is 5.58. The van der Waals surface area contributed by atoms with Crippen molar-refractivity contribution < 1.29 is 9.53 Å². The fourth-order valence-corrected chi connectivity index (χ4v) is 2.64. The summed E-state index contributed by atoms with van der Waals surface area (Å²) >= 11 is 1.67. The van der Waals surface area contributed by atoms with Crippen LogP contribution in [0.2, 0.25) is 0 Å². The van der Waals surface area contributed by atoms with Gasteiger partial charge in [-0.25, -0.2) is 0 Å². The SMILES string of the molecule is CCN(Cc1cccs1)C(=O)C=Cc1ccc(OC)cc1. The first kappa shape index (κ1) is 15.3. The number of ether oxygens (including phenoxy) is 1. The number of likely N-dealkylation sites (N-methyl/N-ethyl adjacent to an activating group) is 1. The van der Waals surface area contributed by atoms with Crippen LogP contribution in [0.4, 0.5) is 0 Å². The number of benzene rings is 1. The van der Waals surface area contributed by atoms with E-state index in [-0.39, 0.29) is 5.91 Å². The fraction of sp³-hybridized carbons (Fsp3) is 0.235. The van der Waals surface area contributed by atoms with Crippen LogP contribution < -0.4 is 4.74 Å². The Morgan fingerprint density at radius 2 is 2.05 bits per heavy atom. The molecule has 0 radical (unpaired) electrons. The largest absolute Gasteiger partial charge is 0.497 e. The first-order chi connectivity index (χ1) is 10.2. The van der Waals surface area contributed by atoms with Crippen LogP contribution >= 0.6 is 11.3 Å². The normalized spacial score (nSPS) is 10.8. The lowest BCUT2D eigenvalue weighted by Gasteiger charge is -2.18. The molecule has 3 nitrogen and oxygen atoms in total. The number of nitrogens with zero attached hydrogens (tertiary/aromatic N) is 1. The number of thiophene rings is 1. The third kappa shape index (κ3) is 4.46. The minimum atomic E-state index is 0.0294. The molecule has 1 aromatic carbocycles. The molecule has 0 spiro atoms. The Labute approximate surface area is 129 Å². The molecule has 0 fully saturated rings. The van der Waals surface area contributed by atoms with Gasteiger partial charge in [0.15, 0.2) is 0 Å². The lowest BCUT2D eigenvalue weighted by Crippen LogP contribution is -2.28. The van der Waals surface area contributed by atoms with Gasteiger partial charge in [-0.2, -0.15) is 0 Å². The highest BCUT2D eigenvalue weighted by Crippen LogP contribution is 2.14. The molecule has 1 heterocycles. The molecule has 21 heavy (non-hydrogen) atoms. The molecule has 110 valence electrons. The van der Waals surface area contributed by atoms with E-state index in [1.165, 1.54) is 4.88 Å². The summed E-state index contributed by atoms with van der Waals surface area (Å²) in [7, 11) is 1.64. The Morgan fingerprint density at radius 3 is 2.62 bits per heavy atom. The molecule has 0 saturated carbocycles. The number of carbonyl (C=O) groups excluding carboxylic acids is 1. The van der Waals surface area contributed by atoms with Crippen LogP contribution in [0.25, 0.3) is 6.08 Å². The molecule has 2 aromatic rings. The summed E-state index contributed by atoms with van der Waals surface area (Å²) < 4.78 is 5.11. The summed E-state index contributed by atoms with van der Waals surface area (Å²) in [6.45, 7) is 3.36. The van der Waals surface area contributed by atoms with Gasteiger partial charge in [-0.1, -0.05) is 18.2 Å². The summed E-state index contributed by atoms with van der Waals surface area (Å²) in [5.74, 6) is 0.841. The van der Waals surface area contributed by atoms with E-state index in [9.17, 15) is 4.79 Å². The van der Waals surface area contributed by atoms with E-state index < -0.39 is 0 Å². The molecule has 1 aromatic heterocycles. The third-order valence-corrected chi connectivity index (χ3v) is 4.02. The highest BCUT2D eigenvalue weighted by atomic mass is 32.1.